The van der Waals surface area contributed by atoms with Crippen LogP contribution in [0.3, 0.4) is 0 Å². The van der Waals surface area contributed by atoms with Gasteiger partial charge in [0.05, 0.1) is 116 Å². The Balaban J connectivity index is 0.000000146. The van der Waals surface area contributed by atoms with E-state index in [4.69, 9.17) is 4.18 Å². The van der Waals surface area contributed by atoms with Gasteiger partial charge in [-0.1, -0.05) is 89.9 Å². The summed E-state index contributed by atoms with van der Waals surface area (Å²) in [6, 6.07) is 0. The van der Waals surface area contributed by atoms with Crippen molar-refractivity contribution in [2.24, 2.45) is 101 Å². The van der Waals surface area contributed by atoms with Crippen LogP contribution in [0.5, 0.6) is 0 Å². The van der Waals surface area contributed by atoms with Gasteiger partial charge in [0, 0.05) is 51.5 Å². The molecule has 24 heteroatoms. The summed E-state index contributed by atoms with van der Waals surface area (Å²) >= 11 is 0. The fourth-order valence-corrected chi connectivity index (χ4v) is 25.0. The first-order valence-corrected chi connectivity index (χ1v) is 37.9. The third-order valence-electron chi connectivity index (χ3n) is 28.2. The number of carbonyl (C=O) groups is 1. The maximum atomic E-state index is 12.6. The number of hydrogen-bond acceptors (Lipinski definition) is 21. The van der Waals surface area contributed by atoms with Gasteiger partial charge in [0.2, 0.25) is 0 Å². The van der Waals surface area contributed by atoms with Crippen LogP contribution in [0.2, 0.25) is 0 Å². The maximum Gasteiger partial charge on any atom is 0.306 e. The van der Waals surface area contributed by atoms with E-state index < -0.39 is 17.0 Å². The van der Waals surface area contributed by atoms with Crippen LogP contribution in [-0.4, -0.2) is 116 Å². The zero-order valence-electron chi connectivity index (χ0n) is 52.5. The van der Waals surface area contributed by atoms with Gasteiger partial charge in [-0.3, -0.25) is 89.9 Å². The molecule has 0 aromatic heterocycles. The summed E-state index contributed by atoms with van der Waals surface area (Å²) in [5.74, 6) is 7.52. The number of rotatable bonds is 3. The van der Waals surface area contributed by atoms with Crippen molar-refractivity contribution in [3.05, 3.63) is 0 Å². The van der Waals surface area contributed by atoms with Crippen LogP contribution in [0, 0.1) is 101 Å². The second kappa shape index (κ2) is 27.6. The van der Waals surface area contributed by atoms with Crippen molar-refractivity contribution in [2.75, 3.05) is 0 Å². The molecule has 10 aliphatic heterocycles. The van der Waals surface area contributed by atoms with Crippen molar-refractivity contribution in [3.8, 4) is 0 Å². The molecule has 8 aliphatic carbocycles. The van der Waals surface area contributed by atoms with Gasteiger partial charge in [-0.2, -0.15) is 0 Å². The van der Waals surface area contributed by atoms with Crippen molar-refractivity contribution in [3.63, 3.8) is 0 Å². The van der Waals surface area contributed by atoms with Gasteiger partial charge in [0.25, 0.3) is 0 Å². The summed E-state index contributed by atoms with van der Waals surface area (Å²) < 4.78 is 29.3. The Bertz CT molecular complexity index is 2510. The Morgan fingerprint density at radius 1 is 0.258 bits per heavy atom. The molecule has 18 aliphatic rings. The van der Waals surface area contributed by atoms with Gasteiger partial charge >= 0.3 is 5.97 Å². The maximum absolute atomic E-state index is 12.6. The Labute approximate surface area is 552 Å². The van der Waals surface area contributed by atoms with E-state index in [9.17, 15) is 18.3 Å². The monoisotopic (exact) mass is 1350 g/mol. The Hall–Kier alpha value is -0.247. The first-order chi connectivity index (χ1) is 42.7. The summed E-state index contributed by atoms with van der Waals surface area (Å²) in [6.07, 6.45) is 40.5. The average Bonchev–Trinajstić information content (AvgIpc) is 1.68. The molecule has 0 amide bonds. The minimum atomic E-state index is -2.51. The molecule has 10 saturated heterocycles. The van der Waals surface area contributed by atoms with E-state index in [1.165, 1.54) is 154 Å². The first kappa shape index (κ1) is 64.7. The average molecular weight is 1350 g/mol. The minimum absolute atomic E-state index is 0. The Morgan fingerprint density at radius 2 is 0.449 bits per heavy atom. The molecule has 0 aromatic carbocycles. The Kier molecular flexibility index (Phi) is 20.1. The number of hydrogen-bond donors (Lipinski definition) is 17. The van der Waals surface area contributed by atoms with Gasteiger partial charge in [-0.05, 0) is 186 Å². The van der Waals surface area contributed by atoms with Crippen LogP contribution < -0.4 is 85.1 Å². The molecule has 506 valence electrons. The number of aliphatic carboxylic acids is 1. The standard InChI is InChI=1S/C33H56N8O2.C32H55N8O3S.2Co/c42-33(43)23-15-7-14-22-24(23)32-40-30-21-13-6-5-12-20(21)28(38-30)36-26-17-9-2-1-8-16(17)25(34-26)35-27-18-10-3-4-11-19(18)29(37-27)39-31(22)41-32;41-44(42)43-23-15-7-14-22-24(23)32-39-30-21-13-6-5-12-20(21)28(37-30)35-26-17-9-2-1-8-16(17)25(33-26)34-27-18-10-3-4-11-19(18)29(36-27)38-31(22)40-32;;/h16-32,34-41H,1-15H2,(H,42,43);16-40H,1-15H2;;/q;-1;;. The van der Waals surface area contributed by atoms with Crippen LogP contribution in [-0.2, 0) is 61.9 Å². The van der Waals surface area contributed by atoms with Crippen molar-refractivity contribution in [1.29, 1.82) is 0 Å². The van der Waals surface area contributed by atoms with Crippen molar-refractivity contribution >= 4 is 17.0 Å². The predicted octanol–water partition coefficient (Wildman–Crippen LogP) is 3.74. The normalized spacial score (nSPS) is 54.4. The molecule has 8 saturated carbocycles. The third-order valence-corrected chi connectivity index (χ3v) is 28.6. The number of carboxylic acids is 1. The fourth-order valence-electron chi connectivity index (χ4n) is 24.6. The van der Waals surface area contributed by atoms with E-state index in [0.717, 1.165) is 38.5 Å². The molecule has 2 radical (unpaired) electrons. The van der Waals surface area contributed by atoms with E-state index in [0.29, 0.717) is 126 Å². The summed E-state index contributed by atoms with van der Waals surface area (Å²) in [6.45, 7) is 0. The Morgan fingerprint density at radius 3 is 0.685 bits per heavy atom. The minimum Gasteiger partial charge on any atom is -0.481 e. The molecular formula is C65H111Co2N16O5S-. The smallest absolute Gasteiger partial charge is 0.306 e. The molecule has 89 heavy (non-hydrogen) atoms. The molecule has 18 fully saturated rings. The van der Waals surface area contributed by atoms with Gasteiger partial charge in [-0.15, -0.1) is 0 Å². The predicted molar refractivity (Wildman–Crippen MR) is 330 cm³/mol. The largest absolute Gasteiger partial charge is 0.481 e. The topological polar surface area (TPSA) is 273 Å². The second-order valence-electron chi connectivity index (χ2n) is 32.1. The molecule has 16 bridgehead atoms. The van der Waals surface area contributed by atoms with Crippen LogP contribution in [0.15, 0.2) is 0 Å². The zero-order chi connectivity index (χ0) is 58.0. The first-order valence-electron chi connectivity index (χ1n) is 36.9. The van der Waals surface area contributed by atoms with E-state index in [2.05, 4.69) is 85.1 Å². The third kappa shape index (κ3) is 12.2. The summed E-state index contributed by atoms with van der Waals surface area (Å²) in [4.78, 5) is 12.6. The SMILES string of the molecule is O=C(O)C1CCCC2C3NC4NC(NC5NC(NC6NC(NC(N3)C12)C1CCCCC61)C1CCCCC51)C1CCCCC41.O=[S-](=O)OC1CCCC2C3NC4NC(NC5NC(NC6NC(NC(N3)C12)C1CCCCC61)C1CCCCC51)C1CCCCC41.[Co].[Co]. The van der Waals surface area contributed by atoms with Gasteiger partial charge in [0.1, 0.15) is 0 Å². The van der Waals surface area contributed by atoms with Gasteiger partial charge in [0.15, 0.2) is 0 Å². The van der Waals surface area contributed by atoms with Crippen LogP contribution in [0.1, 0.15) is 193 Å². The molecule has 34 unspecified atom stereocenters. The number of carboxylic acid groups (broad SMARTS) is 1. The summed E-state index contributed by atoms with van der Waals surface area (Å²) in [7, 11) is -2.51. The van der Waals surface area contributed by atoms with Gasteiger partial charge < -0.3 is 17.7 Å². The van der Waals surface area contributed by atoms with Crippen LogP contribution >= 0.6 is 0 Å². The second-order valence-corrected chi connectivity index (χ2v) is 32.7. The van der Waals surface area contributed by atoms with Crippen molar-refractivity contribution in [2.45, 2.75) is 297 Å². The molecule has 34 atom stereocenters. The number of nitrogens with one attached hydrogen (secondary N) is 16. The number of fused-ring (bicyclic) bond motifs is 40. The summed E-state index contributed by atoms with van der Waals surface area (Å²) in [5.41, 5.74) is 0. The molecule has 18 rings (SSSR count). The van der Waals surface area contributed by atoms with Crippen molar-refractivity contribution in [1.82, 2.24) is 85.1 Å². The van der Waals surface area contributed by atoms with Crippen LogP contribution in [0.4, 0.5) is 0 Å². The molecular weight excluding hydrogens is 1230 g/mol. The van der Waals surface area contributed by atoms with E-state index in [1.54, 1.807) is 0 Å². The zero-order valence-corrected chi connectivity index (χ0v) is 55.4. The van der Waals surface area contributed by atoms with Crippen LogP contribution in [0.25, 0.3) is 0 Å². The van der Waals surface area contributed by atoms with Gasteiger partial charge in [-0.25, -0.2) is 0 Å². The van der Waals surface area contributed by atoms with E-state index in [1.807, 2.05) is 0 Å². The fraction of sp³-hybridized carbons (Fsp3) is 0.985. The quantitative estimate of drug-likeness (QED) is 0.179. The molecule has 0 spiro atoms. The molecule has 0 aromatic rings. The molecule has 21 nitrogen and oxygen atoms in total. The molecule has 10 heterocycles. The summed E-state index contributed by atoms with van der Waals surface area (Å²) in [5, 5.41) is 76.3. The van der Waals surface area contributed by atoms with Crippen molar-refractivity contribution < 1.29 is 56.1 Å². The van der Waals surface area contributed by atoms with E-state index >= 15 is 0 Å². The van der Waals surface area contributed by atoms with E-state index in [-0.39, 0.29) is 113 Å². The molecule has 17 N–H and O–H groups in total.